The number of hydrogen-bond donors (Lipinski definition) is 0. The van der Waals surface area contributed by atoms with Crippen molar-refractivity contribution < 1.29 is 0 Å². The van der Waals surface area contributed by atoms with Crippen molar-refractivity contribution in [2.45, 2.75) is 38.5 Å². The Hall–Kier alpha value is -6.50. The number of fused-ring (bicyclic) bond motifs is 8. The number of hydrogen-bond acceptors (Lipinski definition) is 0. The smallest absolute Gasteiger partial charge is 0.0159 e. The van der Waals surface area contributed by atoms with E-state index in [1.165, 1.54) is 111 Å². The average Bonchev–Trinajstić information content (AvgIpc) is 3.61. The highest BCUT2D eigenvalue weighted by molar-refractivity contribution is 6.21. The summed E-state index contributed by atoms with van der Waals surface area (Å²) >= 11 is 0. The Morgan fingerprint density at radius 3 is 1.05 bits per heavy atom. The molecule has 2 aliphatic carbocycles. The first-order valence-corrected chi connectivity index (χ1v) is 19.9. The van der Waals surface area contributed by atoms with Crippen molar-refractivity contribution >= 4 is 21.5 Å². The molecule has 0 saturated carbocycles. The van der Waals surface area contributed by atoms with Gasteiger partial charge in [0, 0.05) is 10.8 Å². The second-order valence-corrected chi connectivity index (χ2v) is 16.9. The molecule has 9 aromatic carbocycles. The fourth-order valence-electron chi connectivity index (χ4n) is 10.2. The van der Waals surface area contributed by atoms with Gasteiger partial charge in [-0.2, -0.15) is 0 Å². The van der Waals surface area contributed by atoms with E-state index in [-0.39, 0.29) is 10.8 Å². The lowest BCUT2D eigenvalue weighted by molar-refractivity contribution is 0.659. The van der Waals surface area contributed by atoms with E-state index in [1.54, 1.807) is 0 Å². The van der Waals surface area contributed by atoms with Crippen LogP contribution in [-0.4, -0.2) is 0 Å². The van der Waals surface area contributed by atoms with Crippen LogP contribution in [0.3, 0.4) is 0 Å². The van der Waals surface area contributed by atoms with Crippen LogP contribution in [-0.2, 0) is 10.8 Å². The maximum absolute atomic E-state index is 2.46. The van der Waals surface area contributed by atoms with Crippen molar-refractivity contribution in [1.29, 1.82) is 0 Å². The average molecular weight is 715 g/mol. The minimum atomic E-state index is -0.124. The first-order chi connectivity index (χ1) is 27.3. The van der Waals surface area contributed by atoms with Gasteiger partial charge in [0.1, 0.15) is 0 Å². The van der Waals surface area contributed by atoms with E-state index < -0.39 is 0 Å². The van der Waals surface area contributed by atoms with Gasteiger partial charge in [0.25, 0.3) is 0 Å². The molecule has 9 aromatic rings. The van der Waals surface area contributed by atoms with Gasteiger partial charge >= 0.3 is 0 Å². The van der Waals surface area contributed by atoms with E-state index in [2.05, 4.69) is 210 Å². The van der Waals surface area contributed by atoms with Gasteiger partial charge in [-0.15, -0.1) is 0 Å². The fraction of sp³-hybridized carbons (Fsp3) is 0.107. The third kappa shape index (κ3) is 4.72. The van der Waals surface area contributed by atoms with Crippen LogP contribution >= 0.6 is 0 Å². The minimum absolute atomic E-state index is 0.0165. The molecule has 266 valence electrons. The summed E-state index contributed by atoms with van der Waals surface area (Å²) in [5.41, 5.74) is 21.1. The first-order valence-electron chi connectivity index (χ1n) is 19.9. The molecule has 0 bridgehead atoms. The Labute approximate surface area is 329 Å². The van der Waals surface area contributed by atoms with Crippen molar-refractivity contribution in [2.75, 3.05) is 0 Å². The molecule has 0 aromatic heterocycles. The van der Waals surface area contributed by atoms with Gasteiger partial charge < -0.3 is 0 Å². The zero-order valence-corrected chi connectivity index (χ0v) is 32.3. The summed E-state index contributed by atoms with van der Waals surface area (Å²) in [4.78, 5) is 0. The van der Waals surface area contributed by atoms with Gasteiger partial charge in [-0.25, -0.2) is 0 Å². The van der Waals surface area contributed by atoms with Gasteiger partial charge in [0.2, 0.25) is 0 Å². The molecule has 0 amide bonds. The molecule has 0 saturated heterocycles. The molecule has 0 nitrogen and oxygen atoms in total. The Bertz CT molecular complexity index is 2990. The second-order valence-electron chi connectivity index (χ2n) is 16.9. The van der Waals surface area contributed by atoms with Crippen molar-refractivity contribution in [2.24, 2.45) is 0 Å². The van der Waals surface area contributed by atoms with Crippen LogP contribution in [0.2, 0.25) is 0 Å². The number of benzene rings is 9. The quantitative estimate of drug-likeness (QED) is 0.159. The molecular weight excluding hydrogens is 673 g/mol. The van der Waals surface area contributed by atoms with Crippen molar-refractivity contribution in [3.63, 3.8) is 0 Å². The van der Waals surface area contributed by atoms with Crippen LogP contribution in [0.15, 0.2) is 182 Å². The second kappa shape index (κ2) is 12.0. The summed E-state index contributed by atoms with van der Waals surface area (Å²) in [7, 11) is 0. The van der Waals surface area contributed by atoms with Crippen molar-refractivity contribution in [3.05, 3.63) is 204 Å². The predicted octanol–water partition coefficient (Wildman–Crippen LogP) is 15.3. The van der Waals surface area contributed by atoms with Crippen LogP contribution in [0.5, 0.6) is 0 Å². The summed E-state index contributed by atoms with van der Waals surface area (Å²) in [6.45, 7) is 9.52. The fourth-order valence-corrected chi connectivity index (χ4v) is 10.2. The molecule has 0 unspecified atom stereocenters. The first kappa shape index (κ1) is 32.9. The van der Waals surface area contributed by atoms with E-state index in [0.717, 1.165) is 0 Å². The summed E-state index contributed by atoms with van der Waals surface area (Å²) in [5, 5.41) is 5.13. The highest BCUT2D eigenvalue weighted by Gasteiger charge is 2.37. The largest absolute Gasteiger partial charge is 0.0622 e. The molecular formula is C56H42. The molecule has 0 aliphatic heterocycles. The van der Waals surface area contributed by atoms with Gasteiger partial charge in [-0.1, -0.05) is 191 Å². The van der Waals surface area contributed by atoms with Crippen LogP contribution in [0.4, 0.5) is 0 Å². The normalized spacial score (nSPS) is 14.4. The topological polar surface area (TPSA) is 0 Å². The van der Waals surface area contributed by atoms with Crippen LogP contribution in [0, 0.1) is 0 Å². The third-order valence-electron chi connectivity index (χ3n) is 13.1. The summed E-state index contributed by atoms with van der Waals surface area (Å²) < 4.78 is 0. The molecule has 0 heterocycles. The van der Waals surface area contributed by atoms with Gasteiger partial charge in [0.15, 0.2) is 0 Å². The van der Waals surface area contributed by atoms with Crippen LogP contribution < -0.4 is 0 Å². The van der Waals surface area contributed by atoms with Gasteiger partial charge in [0.05, 0.1) is 0 Å². The Morgan fingerprint density at radius 1 is 0.250 bits per heavy atom. The van der Waals surface area contributed by atoms with Gasteiger partial charge in [-0.3, -0.25) is 0 Å². The van der Waals surface area contributed by atoms with E-state index in [0.29, 0.717) is 0 Å². The van der Waals surface area contributed by atoms with Crippen molar-refractivity contribution in [1.82, 2.24) is 0 Å². The van der Waals surface area contributed by atoms with Crippen LogP contribution in [0.25, 0.3) is 88.3 Å². The van der Waals surface area contributed by atoms with E-state index in [9.17, 15) is 0 Å². The SMILES string of the molecule is CC1(C)c2ccccc2-c2ccc(-c3ccc4c(c3)C(C)(C)c3cc(-c5ccc(-c6c7ccccc7c(-c7ccccc7)c7ccccc67)cc5)ccc3-4)cc21. The molecule has 2 aliphatic rings. The Balaban J connectivity index is 0.953. The molecule has 0 radical (unpaired) electrons. The lowest BCUT2D eigenvalue weighted by Gasteiger charge is -2.23. The summed E-state index contributed by atoms with van der Waals surface area (Å²) in [6.07, 6.45) is 0. The van der Waals surface area contributed by atoms with Crippen LogP contribution in [0.1, 0.15) is 49.9 Å². The molecule has 0 fully saturated rings. The highest BCUT2D eigenvalue weighted by Crippen LogP contribution is 2.53. The third-order valence-corrected chi connectivity index (χ3v) is 13.1. The minimum Gasteiger partial charge on any atom is -0.0622 e. The molecule has 0 heteroatoms. The van der Waals surface area contributed by atoms with Gasteiger partial charge in [-0.05, 0) is 129 Å². The van der Waals surface area contributed by atoms with E-state index in [4.69, 9.17) is 0 Å². The lowest BCUT2D eigenvalue weighted by Crippen LogP contribution is -2.15. The van der Waals surface area contributed by atoms with Crippen molar-refractivity contribution in [3.8, 4) is 66.8 Å². The Kier molecular flexibility index (Phi) is 7.05. The van der Waals surface area contributed by atoms with E-state index in [1.807, 2.05) is 0 Å². The molecule has 0 atom stereocenters. The highest BCUT2D eigenvalue weighted by atomic mass is 14.4. The zero-order chi connectivity index (χ0) is 37.8. The predicted molar refractivity (Wildman–Crippen MR) is 238 cm³/mol. The Morgan fingerprint density at radius 2 is 0.571 bits per heavy atom. The standard InChI is InChI=1S/C56H42/c1-55(2)49-21-13-12-16-41(49)42-30-27-39(33-50(42)55)40-28-31-44-43-29-26-38(32-51(43)56(3,4)52(44)34-40)35-22-24-37(25-23-35)54-47-19-10-8-17-45(47)53(36-14-6-5-7-15-36)46-18-9-11-20-48(46)54/h5-34H,1-4H3. The monoisotopic (exact) mass is 714 g/mol. The molecule has 0 N–H and O–H groups in total. The molecule has 11 rings (SSSR count). The lowest BCUT2D eigenvalue weighted by atomic mass is 9.80. The molecule has 56 heavy (non-hydrogen) atoms. The van der Waals surface area contributed by atoms with E-state index >= 15 is 0 Å². The summed E-state index contributed by atoms with van der Waals surface area (Å²) in [5.74, 6) is 0. The number of rotatable bonds is 4. The zero-order valence-electron chi connectivity index (χ0n) is 32.3. The molecule has 0 spiro atoms. The maximum atomic E-state index is 2.46. The maximum Gasteiger partial charge on any atom is 0.0159 e. The summed E-state index contributed by atoms with van der Waals surface area (Å²) in [6, 6.07) is 68.1.